The van der Waals surface area contributed by atoms with Gasteiger partial charge in [0.15, 0.2) is 17.6 Å². The molecule has 3 rings (SSSR count). The maximum absolute atomic E-state index is 13.9. The van der Waals surface area contributed by atoms with E-state index in [0.717, 1.165) is 42.6 Å². The van der Waals surface area contributed by atoms with Crippen molar-refractivity contribution in [3.63, 3.8) is 0 Å². The lowest BCUT2D eigenvalue weighted by Crippen LogP contribution is -2.45. The molecule has 1 unspecified atom stereocenters. The summed E-state index contributed by atoms with van der Waals surface area (Å²) in [5, 5.41) is 9.90. The summed E-state index contributed by atoms with van der Waals surface area (Å²) < 4.78 is 13.9. The van der Waals surface area contributed by atoms with Crippen LogP contribution in [0.5, 0.6) is 0 Å². The van der Waals surface area contributed by atoms with E-state index in [4.69, 9.17) is 0 Å². The van der Waals surface area contributed by atoms with Crippen molar-refractivity contribution in [3.8, 4) is 0 Å². The van der Waals surface area contributed by atoms with Gasteiger partial charge in [-0.1, -0.05) is 0 Å². The summed E-state index contributed by atoms with van der Waals surface area (Å²) in [4.78, 5) is 14.9. The van der Waals surface area contributed by atoms with Gasteiger partial charge < -0.3 is 15.5 Å². The molecular weight excluding hydrogens is 339 g/mol. The van der Waals surface area contributed by atoms with Crippen molar-refractivity contribution in [3.05, 3.63) is 40.2 Å². The molecule has 0 spiro atoms. The highest BCUT2D eigenvalue weighted by Gasteiger charge is 2.25. The summed E-state index contributed by atoms with van der Waals surface area (Å²) in [6.07, 6.45) is 3.41. The lowest BCUT2D eigenvalue weighted by atomic mass is 10.3. The van der Waals surface area contributed by atoms with Gasteiger partial charge in [-0.25, -0.2) is 14.4 Å². The van der Waals surface area contributed by atoms with E-state index in [-0.39, 0.29) is 11.9 Å². The predicted octanol–water partition coefficient (Wildman–Crippen LogP) is 1.97. The summed E-state index contributed by atoms with van der Waals surface area (Å²) in [6.45, 7) is 4.27. The normalized spacial score (nSPS) is 17.8. The third kappa shape index (κ3) is 4.66. The van der Waals surface area contributed by atoms with Crippen LogP contribution in [0.3, 0.4) is 0 Å². The van der Waals surface area contributed by atoms with E-state index in [9.17, 15) is 4.39 Å². The predicted molar refractivity (Wildman–Crippen MR) is 99.9 cm³/mol. The number of nitrogens with zero attached hydrogens (tertiary/aromatic N) is 4. The van der Waals surface area contributed by atoms with Gasteiger partial charge in [0.05, 0.1) is 10.7 Å². The summed E-state index contributed by atoms with van der Waals surface area (Å²) in [7, 11) is 1.76. The van der Waals surface area contributed by atoms with Crippen molar-refractivity contribution in [2.75, 3.05) is 31.6 Å². The fourth-order valence-corrected chi connectivity index (χ4v) is 3.55. The Morgan fingerprint density at radius 3 is 3.12 bits per heavy atom. The van der Waals surface area contributed by atoms with Crippen molar-refractivity contribution in [2.24, 2.45) is 4.99 Å². The number of pyridine rings is 1. The monoisotopic (exact) mass is 362 g/mol. The topological polar surface area (TPSA) is 65.4 Å². The zero-order valence-electron chi connectivity index (χ0n) is 14.5. The van der Waals surface area contributed by atoms with Crippen LogP contribution in [0.15, 0.2) is 28.7 Å². The first-order valence-corrected chi connectivity index (χ1v) is 9.27. The third-order valence-corrected chi connectivity index (χ3v) is 4.95. The average molecular weight is 362 g/mol. The largest absolute Gasteiger partial charge is 0.356 e. The number of aromatic nitrogens is 2. The molecular formula is C17H23FN6S. The molecule has 1 aliphatic heterocycles. The molecule has 0 radical (unpaired) electrons. The Kier molecular flexibility index (Phi) is 5.80. The lowest BCUT2D eigenvalue weighted by molar-refractivity contribution is 0.612. The molecule has 1 fully saturated rings. The molecule has 1 saturated heterocycles. The van der Waals surface area contributed by atoms with E-state index in [1.807, 2.05) is 11.8 Å². The second-order valence-corrected chi connectivity index (χ2v) is 7.05. The minimum Gasteiger partial charge on any atom is -0.356 e. The Balaban J connectivity index is 1.47. The van der Waals surface area contributed by atoms with E-state index >= 15 is 0 Å². The number of nitrogens with one attached hydrogen (secondary N) is 2. The van der Waals surface area contributed by atoms with Crippen LogP contribution in [-0.2, 0) is 6.42 Å². The molecule has 0 aliphatic carbocycles. The third-order valence-electron chi connectivity index (χ3n) is 4.13. The number of halogens is 1. The van der Waals surface area contributed by atoms with Crippen LogP contribution in [0.4, 0.5) is 10.2 Å². The minimum absolute atomic E-state index is 0.217. The van der Waals surface area contributed by atoms with E-state index < -0.39 is 0 Å². The quantitative estimate of drug-likeness (QED) is 0.629. The van der Waals surface area contributed by atoms with Gasteiger partial charge in [-0.3, -0.25) is 4.99 Å². The second-order valence-electron chi connectivity index (χ2n) is 5.99. The fraction of sp³-hybridized carbons (Fsp3) is 0.471. The van der Waals surface area contributed by atoms with Gasteiger partial charge in [-0.15, -0.1) is 11.3 Å². The molecule has 2 aromatic heterocycles. The van der Waals surface area contributed by atoms with Crippen LogP contribution in [0.2, 0.25) is 0 Å². The number of anilines is 1. The van der Waals surface area contributed by atoms with Crippen LogP contribution in [0, 0.1) is 12.7 Å². The Morgan fingerprint density at radius 1 is 1.52 bits per heavy atom. The van der Waals surface area contributed by atoms with Crippen LogP contribution in [0.25, 0.3) is 0 Å². The second kappa shape index (κ2) is 8.24. The summed E-state index contributed by atoms with van der Waals surface area (Å²) >= 11 is 1.67. The minimum atomic E-state index is -0.274. The molecule has 0 amide bonds. The van der Waals surface area contributed by atoms with Gasteiger partial charge in [-0.2, -0.15) is 0 Å². The summed E-state index contributed by atoms with van der Waals surface area (Å²) in [5.41, 5.74) is 1.10. The van der Waals surface area contributed by atoms with Crippen LogP contribution >= 0.6 is 11.3 Å². The average Bonchev–Trinajstić information content (AvgIpc) is 3.23. The zero-order valence-corrected chi connectivity index (χ0v) is 15.3. The van der Waals surface area contributed by atoms with Gasteiger partial charge in [0.2, 0.25) is 0 Å². The first-order chi connectivity index (χ1) is 12.2. The Hall–Kier alpha value is -2.22. The molecule has 25 heavy (non-hydrogen) atoms. The maximum Gasteiger partial charge on any atom is 0.191 e. The number of guanidine groups is 1. The Morgan fingerprint density at radius 2 is 2.40 bits per heavy atom. The highest BCUT2D eigenvalue weighted by molar-refractivity contribution is 7.09. The molecule has 0 saturated carbocycles. The molecule has 2 aromatic rings. The summed E-state index contributed by atoms with van der Waals surface area (Å²) in [5.74, 6) is 0.915. The van der Waals surface area contributed by atoms with E-state index in [1.54, 1.807) is 30.6 Å². The number of rotatable bonds is 5. The van der Waals surface area contributed by atoms with Crippen LogP contribution in [0.1, 0.15) is 17.1 Å². The Bertz CT molecular complexity index is 731. The lowest BCUT2D eigenvalue weighted by Gasteiger charge is -2.19. The standard InChI is InChI=1S/C17H23FN6S/c1-12-22-14(11-25-12)5-8-21-17(19-2)23-13-6-9-24(10-13)16-15(18)4-3-7-20-16/h3-4,7,11,13H,5-6,8-10H2,1-2H3,(H2,19,21,23). The van der Waals surface area contributed by atoms with Gasteiger partial charge in [-0.05, 0) is 25.5 Å². The molecule has 0 bridgehead atoms. The molecule has 3 heterocycles. The van der Waals surface area contributed by atoms with E-state index in [1.165, 1.54) is 6.07 Å². The fourth-order valence-electron chi connectivity index (χ4n) is 2.90. The molecule has 0 aromatic carbocycles. The molecule has 134 valence electrons. The first kappa shape index (κ1) is 17.6. The number of hydrogen-bond acceptors (Lipinski definition) is 5. The molecule has 2 N–H and O–H groups in total. The smallest absolute Gasteiger partial charge is 0.191 e. The highest BCUT2D eigenvalue weighted by atomic mass is 32.1. The number of aliphatic imine (C=N–C) groups is 1. The first-order valence-electron chi connectivity index (χ1n) is 8.39. The highest BCUT2D eigenvalue weighted by Crippen LogP contribution is 2.20. The SMILES string of the molecule is CN=C(NCCc1csc(C)n1)NC1CCN(c2ncccc2F)C1. The van der Waals surface area contributed by atoms with Crippen molar-refractivity contribution in [2.45, 2.75) is 25.8 Å². The number of hydrogen-bond donors (Lipinski definition) is 2. The van der Waals surface area contributed by atoms with Gasteiger partial charge in [0.25, 0.3) is 0 Å². The van der Waals surface area contributed by atoms with Crippen LogP contribution in [-0.4, -0.2) is 48.7 Å². The molecule has 8 heteroatoms. The van der Waals surface area contributed by atoms with E-state index in [0.29, 0.717) is 12.4 Å². The van der Waals surface area contributed by atoms with Crippen molar-refractivity contribution < 1.29 is 4.39 Å². The zero-order chi connectivity index (χ0) is 17.6. The maximum atomic E-state index is 13.9. The molecule has 1 atom stereocenters. The van der Waals surface area contributed by atoms with Gasteiger partial charge >= 0.3 is 0 Å². The van der Waals surface area contributed by atoms with Gasteiger partial charge in [0, 0.05) is 50.7 Å². The summed E-state index contributed by atoms with van der Waals surface area (Å²) in [6, 6.07) is 3.28. The molecule has 6 nitrogen and oxygen atoms in total. The van der Waals surface area contributed by atoms with Crippen molar-refractivity contribution in [1.29, 1.82) is 0 Å². The number of aryl methyl sites for hydroxylation is 1. The Labute approximate surface area is 151 Å². The van der Waals surface area contributed by atoms with Crippen molar-refractivity contribution >= 4 is 23.1 Å². The number of thiazole rings is 1. The van der Waals surface area contributed by atoms with Gasteiger partial charge in [0.1, 0.15) is 0 Å². The molecule has 1 aliphatic rings. The van der Waals surface area contributed by atoms with Crippen molar-refractivity contribution in [1.82, 2.24) is 20.6 Å². The van der Waals surface area contributed by atoms with Crippen LogP contribution < -0.4 is 15.5 Å². The van der Waals surface area contributed by atoms with E-state index in [2.05, 4.69) is 31.0 Å².